The molecule has 228 valence electrons. The van der Waals surface area contributed by atoms with Crippen molar-refractivity contribution < 1.29 is 23.7 Å². The van der Waals surface area contributed by atoms with E-state index < -0.39 is 0 Å². The molecule has 2 saturated heterocycles. The van der Waals surface area contributed by atoms with Gasteiger partial charge in [-0.2, -0.15) is 15.1 Å². The standard InChI is InChI=1S/C31H37BrN6O5/c1-3-4-23-5-7-27(28(19-23)39-2)43-18-17-42-26-8-6-25(32)20-24(26)22-33-36-29-21-30(37-9-13-40-14-10-37)35-31(34-29)38-11-15-41-16-12-38/h3,5-8,19-22H,1,4,9-18H2,2H3,(H,34,35,36)/b33-22-. The number of benzene rings is 2. The topological polar surface area (TPSA) is 103 Å². The summed E-state index contributed by atoms with van der Waals surface area (Å²) >= 11 is 3.55. The van der Waals surface area contributed by atoms with Gasteiger partial charge in [-0.05, 0) is 42.3 Å². The largest absolute Gasteiger partial charge is 0.493 e. The van der Waals surface area contributed by atoms with E-state index in [4.69, 9.17) is 33.7 Å². The molecule has 2 aliphatic rings. The van der Waals surface area contributed by atoms with E-state index in [-0.39, 0.29) is 0 Å². The zero-order chi connectivity index (χ0) is 29.9. The highest BCUT2D eigenvalue weighted by molar-refractivity contribution is 9.10. The Balaban J connectivity index is 1.24. The minimum absolute atomic E-state index is 0.338. The Morgan fingerprint density at radius 3 is 2.33 bits per heavy atom. The number of hydrogen-bond acceptors (Lipinski definition) is 11. The second-order valence-electron chi connectivity index (χ2n) is 9.84. The van der Waals surface area contributed by atoms with E-state index >= 15 is 0 Å². The second-order valence-corrected chi connectivity index (χ2v) is 10.8. The maximum atomic E-state index is 6.07. The molecule has 0 bridgehead atoms. The summed E-state index contributed by atoms with van der Waals surface area (Å²) in [6, 6.07) is 13.6. The molecular weight excluding hydrogens is 616 g/mol. The van der Waals surface area contributed by atoms with Crippen LogP contribution in [0.3, 0.4) is 0 Å². The number of nitrogens with one attached hydrogen (secondary N) is 1. The predicted molar refractivity (Wildman–Crippen MR) is 171 cm³/mol. The van der Waals surface area contributed by atoms with Gasteiger partial charge >= 0.3 is 0 Å². The Morgan fingerprint density at radius 2 is 1.60 bits per heavy atom. The maximum absolute atomic E-state index is 6.07. The first-order valence-corrected chi connectivity index (χ1v) is 15.1. The molecule has 43 heavy (non-hydrogen) atoms. The van der Waals surface area contributed by atoms with Crippen LogP contribution in [-0.2, 0) is 15.9 Å². The average molecular weight is 654 g/mol. The van der Waals surface area contributed by atoms with Crippen molar-refractivity contribution in [2.24, 2.45) is 5.10 Å². The zero-order valence-corrected chi connectivity index (χ0v) is 25.9. The summed E-state index contributed by atoms with van der Waals surface area (Å²) in [5.74, 6) is 4.13. The highest BCUT2D eigenvalue weighted by Crippen LogP contribution is 2.29. The molecule has 3 aromatic rings. The first-order chi connectivity index (χ1) is 21.1. The van der Waals surface area contributed by atoms with Crippen molar-refractivity contribution in [3.63, 3.8) is 0 Å². The van der Waals surface area contributed by atoms with E-state index in [0.29, 0.717) is 68.7 Å². The van der Waals surface area contributed by atoms with Crippen LogP contribution in [0.4, 0.5) is 17.6 Å². The number of allylic oxidation sites excluding steroid dienone is 1. The fraction of sp³-hybridized carbons (Fsp3) is 0.387. The highest BCUT2D eigenvalue weighted by atomic mass is 79.9. The van der Waals surface area contributed by atoms with Crippen LogP contribution in [0, 0.1) is 0 Å². The van der Waals surface area contributed by atoms with Crippen molar-refractivity contribution in [3.05, 3.63) is 70.7 Å². The molecule has 3 heterocycles. The zero-order valence-electron chi connectivity index (χ0n) is 24.3. The average Bonchev–Trinajstić information content (AvgIpc) is 3.05. The van der Waals surface area contributed by atoms with Gasteiger partial charge in [-0.25, -0.2) is 0 Å². The SMILES string of the molecule is C=CCc1ccc(OCCOc2ccc(Br)cc2/C=N\Nc2cc(N3CCOCC3)nc(N3CCOCC3)n2)c(OC)c1. The van der Waals surface area contributed by atoms with E-state index in [1.165, 1.54) is 0 Å². The molecule has 0 aliphatic carbocycles. The summed E-state index contributed by atoms with van der Waals surface area (Å²) < 4.78 is 29.5. The number of hydrazone groups is 1. The predicted octanol–water partition coefficient (Wildman–Crippen LogP) is 4.55. The molecule has 2 fully saturated rings. The summed E-state index contributed by atoms with van der Waals surface area (Å²) in [5.41, 5.74) is 5.01. The summed E-state index contributed by atoms with van der Waals surface area (Å²) in [4.78, 5) is 13.9. The summed E-state index contributed by atoms with van der Waals surface area (Å²) in [6.45, 7) is 10.2. The molecule has 0 atom stereocenters. The fourth-order valence-electron chi connectivity index (χ4n) is 4.69. The summed E-state index contributed by atoms with van der Waals surface area (Å²) in [5, 5.41) is 4.50. The van der Waals surface area contributed by atoms with Gasteiger partial charge in [0.25, 0.3) is 0 Å². The molecule has 1 N–H and O–H groups in total. The van der Waals surface area contributed by atoms with Crippen LogP contribution in [0.1, 0.15) is 11.1 Å². The molecule has 0 spiro atoms. The molecule has 2 aliphatic heterocycles. The van der Waals surface area contributed by atoms with Crippen LogP contribution in [0.5, 0.6) is 17.2 Å². The molecule has 12 heteroatoms. The number of anilines is 3. The summed E-state index contributed by atoms with van der Waals surface area (Å²) in [6.07, 6.45) is 4.34. The van der Waals surface area contributed by atoms with Crippen LogP contribution < -0.4 is 29.4 Å². The van der Waals surface area contributed by atoms with Gasteiger partial charge in [-0.1, -0.05) is 28.1 Å². The lowest BCUT2D eigenvalue weighted by Crippen LogP contribution is -2.39. The molecule has 0 unspecified atom stereocenters. The Morgan fingerprint density at radius 1 is 0.907 bits per heavy atom. The van der Waals surface area contributed by atoms with Crippen molar-refractivity contribution in [1.29, 1.82) is 0 Å². The van der Waals surface area contributed by atoms with Crippen molar-refractivity contribution in [1.82, 2.24) is 9.97 Å². The van der Waals surface area contributed by atoms with Crippen molar-refractivity contribution in [2.45, 2.75) is 6.42 Å². The highest BCUT2D eigenvalue weighted by Gasteiger charge is 2.19. The Kier molecular flexibility index (Phi) is 11.1. The molecule has 0 radical (unpaired) electrons. The van der Waals surface area contributed by atoms with Crippen molar-refractivity contribution >= 4 is 39.7 Å². The van der Waals surface area contributed by atoms with Gasteiger partial charge in [-0.15, -0.1) is 6.58 Å². The third-order valence-electron chi connectivity index (χ3n) is 6.89. The lowest BCUT2D eigenvalue weighted by atomic mass is 10.1. The van der Waals surface area contributed by atoms with Crippen molar-refractivity contribution in [2.75, 3.05) is 88.2 Å². The monoisotopic (exact) mass is 652 g/mol. The molecule has 0 saturated carbocycles. The summed E-state index contributed by atoms with van der Waals surface area (Å²) in [7, 11) is 1.63. The van der Waals surface area contributed by atoms with Gasteiger partial charge in [0, 0.05) is 42.3 Å². The molecule has 11 nitrogen and oxygen atoms in total. The van der Waals surface area contributed by atoms with Crippen LogP contribution in [0.25, 0.3) is 0 Å². The Labute approximate surface area is 260 Å². The van der Waals surface area contributed by atoms with Crippen molar-refractivity contribution in [3.8, 4) is 17.2 Å². The van der Waals surface area contributed by atoms with Crippen LogP contribution in [0.15, 0.2) is 64.7 Å². The number of hydrogen-bond donors (Lipinski definition) is 1. The minimum atomic E-state index is 0.338. The van der Waals surface area contributed by atoms with E-state index in [2.05, 4.69) is 42.8 Å². The van der Waals surface area contributed by atoms with Gasteiger partial charge in [0.2, 0.25) is 5.95 Å². The number of halogens is 1. The van der Waals surface area contributed by atoms with Gasteiger partial charge in [0.1, 0.15) is 24.8 Å². The molecular formula is C31H37BrN6O5. The number of nitrogens with zero attached hydrogens (tertiary/aromatic N) is 5. The number of methoxy groups -OCH3 is 1. The van der Waals surface area contributed by atoms with E-state index in [1.807, 2.05) is 48.5 Å². The Hall–Kier alpha value is -3.87. The lowest BCUT2D eigenvalue weighted by Gasteiger charge is -2.31. The van der Waals surface area contributed by atoms with Crippen LogP contribution in [0.2, 0.25) is 0 Å². The normalized spacial score (nSPS) is 15.4. The quantitative estimate of drug-likeness (QED) is 0.122. The third-order valence-corrected chi connectivity index (χ3v) is 7.38. The molecule has 0 amide bonds. The van der Waals surface area contributed by atoms with Gasteiger partial charge < -0.3 is 33.5 Å². The maximum Gasteiger partial charge on any atom is 0.229 e. The van der Waals surface area contributed by atoms with Gasteiger partial charge in [0.15, 0.2) is 17.3 Å². The van der Waals surface area contributed by atoms with E-state index in [9.17, 15) is 0 Å². The van der Waals surface area contributed by atoms with Crippen LogP contribution >= 0.6 is 15.9 Å². The first kappa shape index (κ1) is 30.6. The van der Waals surface area contributed by atoms with Crippen LogP contribution in [-0.4, -0.2) is 89.1 Å². The molecule has 2 aromatic carbocycles. The number of ether oxygens (including phenoxy) is 5. The number of aromatic nitrogens is 2. The third kappa shape index (κ3) is 8.59. The lowest BCUT2D eigenvalue weighted by molar-refractivity contribution is 0.121. The second kappa shape index (κ2) is 15.6. The molecule has 5 rings (SSSR count). The van der Waals surface area contributed by atoms with Gasteiger partial charge in [0.05, 0.1) is 39.8 Å². The molecule has 1 aromatic heterocycles. The number of rotatable bonds is 13. The minimum Gasteiger partial charge on any atom is -0.493 e. The smallest absolute Gasteiger partial charge is 0.229 e. The van der Waals surface area contributed by atoms with Gasteiger partial charge in [-0.3, -0.25) is 5.43 Å². The van der Waals surface area contributed by atoms with E-state index in [0.717, 1.165) is 54.0 Å². The fourth-order valence-corrected chi connectivity index (χ4v) is 5.07. The first-order valence-electron chi connectivity index (χ1n) is 14.3. The van der Waals surface area contributed by atoms with E-state index in [1.54, 1.807) is 13.3 Å². The Bertz CT molecular complexity index is 1360. The number of morpholine rings is 2.